The van der Waals surface area contributed by atoms with Gasteiger partial charge in [-0.2, -0.15) is 0 Å². The maximum atomic E-state index is 13.2. The molecule has 1 aliphatic rings. The van der Waals surface area contributed by atoms with Crippen molar-refractivity contribution < 1.29 is 5.11 Å². The molecule has 1 saturated heterocycles. The molecule has 0 aliphatic carbocycles. The van der Waals surface area contributed by atoms with Gasteiger partial charge in [-0.1, -0.05) is 18.1 Å². The average Bonchev–Trinajstić information content (AvgIpc) is 3.13. The van der Waals surface area contributed by atoms with Crippen LogP contribution in [-0.4, -0.2) is 38.4 Å². The molecule has 4 rings (SSSR count). The Morgan fingerprint density at radius 2 is 2.10 bits per heavy atom. The van der Waals surface area contributed by atoms with Gasteiger partial charge in [0.05, 0.1) is 29.4 Å². The third-order valence-electron chi connectivity index (χ3n) is 5.02. The van der Waals surface area contributed by atoms with Crippen molar-refractivity contribution in [1.29, 1.82) is 0 Å². The maximum Gasteiger partial charge on any atom is 0.333 e. The predicted molar refractivity (Wildman–Crippen MR) is 115 cm³/mol. The van der Waals surface area contributed by atoms with Crippen molar-refractivity contribution in [1.82, 2.24) is 14.1 Å². The Labute approximate surface area is 171 Å². The van der Waals surface area contributed by atoms with E-state index in [-0.39, 0.29) is 18.6 Å². The number of anilines is 1. The van der Waals surface area contributed by atoms with Gasteiger partial charge in [0.2, 0.25) is 0 Å². The number of β-amino-alcohol motifs (C(OH)–C–C–N with tert-alkyl or cyclic N) is 1. The van der Waals surface area contributed by atoms with E-state index in [1.807, 2.05) is 29.2 Å². The molecular weight excluding hydrogens is 388 g/mol. The van der Waals surface area contributed by atoms with Gasteiger partial charge in [-0.25, -0.2) is 9.78 Å². The molecule has 0 unspecified atom stereocenters. The van der Waals surface area contributed by atoms with E-state index >= 15 is 0 Å². The lowest BCUT2D eigenvalue weighted by Gasteiger charge is -2.33. The van der Waals surface area contributed by atoms with Crippen LogP contribution in [0.5, 0.6) is 0 Å². The van der Waals surface area contributed by atoms with Gasteiger partial charge < -0.3 is 10.0 Å². The van der Waals surface area contributed by atoms with E-state index in [1.165, 1.54) is 26.5 Å². The smallest absolute Gasteiger partial charge is 0.333 e. The summed E-state index contributed by atoms with van der Waals surface area (Å²) in [6, 6.07) is 9.21. The van der Waals surface area contributed by atoms with Crippen molar-refractivity contribution in [3.63, 3.8) is 0 Å². The van der Waals surface area contributed by atoms with Crippen molar-refractivity contribution in [2.75, 3.05) is 18.0 Å². The summed E-state index contributed by atoms with van der Waals surface area (Å²) in [6.07, 6.45) is 1.07. The molecule has 1 fully saturated rings. The zero-order valence-electron chi connectivity index (χ0n) is 16.2. The second-order valence-corrected chi connectivity index (χ2v) is 8.16. The number of para-hydroxylation sites is 1. The Balaban J connectivity index is 1.76. The molecule has 1 aromatic carbocycles. The Kier molecular flexibility index (Phi) is 5.51. The highest BCUT2D eigenvalue weighted by Gasteiger charge is 2.22. The van der Waals surface area contributed by atoms with Gasteiger partial charge >= 0.3 is 5.69 Å². The summed E-state index contributed by atoms with van der Waals surface area (Å²) in [4.78, 5) is 32.5. The van der Waals surface area contributed by atoms with Crippen LogP contribution < -0.4 is 16.1 Å². The number of benzene rings is 1. The van der Waals surface area contributed by atoms with Gasteiger partial charge in [-0.05, 0) is 31.9 Å². The minimum absolute atomic E-state index is 0.124. The fourth-order valence-electron chi connectivity index (χ4n) is 3.60. The summed E-state index contributed by atoms with van der Waals surface area (Å²) in [5.74, 6) is 6.25. The maximum absolute atomic E-state index is 13.2. The van der Waals surface area contributed by atoms with Crippen LogP contribution in [0, 0.1) is 11.8 Å². The molecule has 0 radical (unpaired) electrons. The molecule has 7 nitrogen and oxygen atoms in total. The molecule has 29 heavy (non-hydrogen) atoms. The molecule has 3 heterocycles. The first-order valence-electron chi connectivity index (χ1n) is 9.58. The van der Waals surface area contributed by atoms with Crippen molar-refractivity contribution in [3.05, 3.63) is 56.2 Å². The molecule has 1 atom stereocenters. The molecule has 1 N–H and O–H groups in total. The number of rotatable bonds is 4. The molecule has 1 aliphatic heterocycles. The van der Waals surface area contributed by atoms with Crippen LogP contribution in [0.3, 0.4) is 0 Å². The van der Waals surface area contributed by atoms with Crippen molar-refractivity contribution in [3.8, 4) is 11.8 Å². The summed E-state index contributed by atoms with van der Waals surface area (Å²) in [5, 5.41) is 10.7. The lowest BCUT2D eigenvalue weighted by Crippen LogP contribution is -2.46. The number of aliphatic hydroxyl groups is 1. The fourth-order valence-corrected chi connectivity index (χ4v) is 4.56. The third kappa shape index (κ3) is 3.97. The van der Waals surface area contributed by atoms with Crippen LogP contribution in [0.15, 0.2) is 39.9 Å². The first-order chi connectivity index (χ1) is 14.1. The predicted octanol–water partition coefficient (Wildman–Crippen LogP) is 1.65. The van der Waals surface area contributed by atoms with E-state index < -0.39 is 11.8 Å². The Morgan fingerprint density at radius 1 is 1.28 bits per heavy atom. The van der Waals surface area contributed by atoms with Crippen LogP contribution in [-0.2, 0) is 13.1 Å². The summed E-state index contributed by atoms with van der Waals surface area (Å²) in [7, 11) is 0. The largest absolute Gasteiger partial charge is 0.391 e. The summed E-state index contributed by atoms with van der Waals surface area (Å²) in [5.41, 5.74) is 0.0799. The van der Waals surface area contributed by atoms with Gasteiger partial charge in [0.15, 0.2) is 0 Å². The van der Waals surface area contributed by atoms with Gasteiger partial charge in [-0.15, -0.1) is 17.3 Å². The fraction of sp³-hybridized carbons (Fsp3) is 0.381. The molecule has 150 valence electrons. The molecule has 2 aromatic heterocycles. The van der Waals surface area contributed by atoms with Crippen molar-refractivity contribution in [2.24, 2.45) is 0 Å². The molecule has 0 amide bonds. The van der Waals surface area contributed by atoms with E-state index in [0.717, 1.165) is 23.1 Å². The molecule has 3 aromatic rings. The number of thiazole rings is 1. The number of nitrogens with zero attached hydrogens (tertiary/aromatic N) is 4. The van der Waals surface area contributed by atoms with Crippen LogP contribution in [0.2, 0.25) is 0 Å². The first-order valence-corrected chi connectivity index (χ1v) is 10.4. The van der Waals surface area contributed by atoms with Crippen LogP contribution in [0.1, 0.15) is 24.8 Å². The van der Waals surface area contributed by atoms with E-state index in [9.17, 15) is 14.7 Å². The topological polar surface area (TPSA) is 80.4 Å². The number of aliphatic hydroxyl groups excluding tert-OH is 1. The highest BCUT2D eigenvalue weighted by Crippen LogP contribution is 2.22. The van der Waals surface area contributed by atoms with Crippen LogP contribution >= 0.6 is 11.3 Å². The van der Waals surface area contributed by atoms with Crippen LogP contribution in [0.4, 0.5) is 5.82 Å². The Hall–Kier alpha value is -2.89. The van der Waals surface area contributed by atoms with Crippen molar-refractivity contribution >= 4 is 27.4 Å². The van der Waals surface area contributed by atoms with Crippen LogP contribution in [0.25, 0.3) is 10.2 Å². The van der Waals surface area contributed by atoms with Gasteiger partial charge in [0.25, 0.3) is 5.56 Å². The van der Waals surface area contributed by atoms with E-state index in [1.54, 1.807) is 6.92 Å². The molecule has 0 spiro atoms. The van der Waals surface area contributed by atoms with Crippen molar-refractivity contribution in [2.45, 2.75) is 39.0 Å². The zero-order chi connectivity index (χ0) is 20.4. The van der Waals surface area contributed by atoms with E-state index in [0.29, 0.717) is 23.9 Å². The SMILES string of the molecule is CC#CCn1c(N2CCC[C@@H](O)C2)cc(=O)n(Cc2nc3ccccc3s2)c1=O. The van der Waals surface area contributed by atoms with Gasteiger partial charge in [0.1, 0.15) is 10.8 Å². The Morgan fingerprint density at radius 3 is 2.86 bits per heavy atom. The highest BCUT2D eigenvalue weighted by atomic mass is 32.1. The second kappa shape index (κ2) is 8.23. The number of piperidine rings is 1. The minimum Gasteiger partial charge on any atom is -0.391 e. The quantitative estimate of drug-likeness (QED) is 0.662. The number of hydrogen-bond donors (Lipinski definition) is 1. The molecular formula is C21H22N4O3S. The summed E-state index contributed by atoms with van der Waals surface area (Å²) < 4.78 is 3.74. The summed E-state index contributed by atoms with van der Waals surface area (Å²) >= 11 is 1.48. The van der Waals surface area contributed by atoms with E-state index in [2.05, 4.69) is 16.8 Å². The highest BCUT2D eigenvalue weighted by molar-refractivity contribution is 7.18. The van der Waals surface area contributed by atoms with E-state index in [4.69, 9.17) is 0 Å². The lowest BCUT2D eigenvalue weighted by atomic mass is 10.1. The van der Waals surface area contributed by atoms with Gasteiger partial charge in [0, 0.05) is 19.2 Å². The normalized spacial score (nSPS) is 16.6. The first kappa shape index (κ1) is 19.4. The minimum atomic E-state index is -0.463. The average molecular weight is 410 g/mol. The monoisotopic (exact) mass is 410 g/mol. The second-order valence-electron chi connectivity index (χ2n) is 7.04. The molecule has 8 heteroatoms. The third-order valence-corrected chi connectivity index (χ3v) is 6.04. The number of fused-ring (bicyclic) bond motifs is 1. The zero-order valence-corrected chi connectivity index (χ0v) is 17.0. The number of hydrogen-bond acceptors (Lipinski definition) is 6. The Bertz CT molecular complexity index is 1180. The molecule has 0 saturated carbocycles. The molecule has 0 bridgehead atoms. The van der Waals surface area contributed by atoms with Gasteiger partial charge in [-0.3, -0.25) is 13.9 Å². The standard InChI is InChI=1S/C21H22N4O3S/c1-2-3-11-24-19(23-10-6-7-15(26)13-23)12-20(27)25(21(24)28)14-18-22-16-8-4-5-9-17(16)29-18/h4-5,8-9,12,15,26H,6-7,10-11,13-14H2,1H3/t15-/m1/s1. The number of aromatic nitrogens is 3. The summed E-state index contributed by atoms with van der Waals surface area (Å²) in [6.45, 7) is 3.13. The lowest BCUT2D eigenvalue weighted by molar-refractivity contribution is 0.153.